The van der Waals surface area contributed by atoms with Crippen LogP contribution in [-0.4, -0.2) is 48.0 Å². The van der Waals surface area contributed by atoms with Crippen LogP contribution in [0.3, 0.4) is 0 Å². The van der Waals surface area contributed by atoms with E-state index in [4.69, 9.17) is 4.74 Å². The summed E-state index contributed by atoms with van der Waals surface area (Å²) in [5.41, 5.74) is 1.56. The molecule has 1 aromatic carbocycles. The van der Waals surface area contributed by atoms with Crippen LogP contribution in [0.1, 0.15) is 28.4 Å². The molecule has 21 heavy (non-hydrogen) atoms. The molecule has 4 N–H and O–H groups in total. The second kappa shape index (κ2) is 6.71. The van der Waals surface area contributed by atoms with Crippen molar-refractivity contribution >= 4 is 16.9 Å². The van der Waals surface area contributed by atoms with E-state index in [1.165, 1.54) is 7.11 Å². The third-order valence-corrected chi connectivity index (χ3v) is 3.49. The second-order valence-corrected chi connectivity index (χ2v) is 4.90. The van der Waals surface area contributed by atoms with E-state index in [-0.39, 0.29) is 0 Å². The van der Waals surface area contributed by atoms with Crippen molar-refractivity contribution in [2.75, 3.05) is 20.7 Å². The lowest BCUT2D eigenvalue weighted by atomic mass is 9.98. The molecular formula is C15H20N2O4. The van der Waals surface area contributed by atoms with Gasteiger partial charge in [0, 0.05) is 17.1 Å². The lowest BCUT2D eigenvalue weighted by Gasteiger charge is -2.19. The Labute approximate surface area is 122 Å². The number of benzene rings is 1. The van der Waals surface area contributed by atoms with Gasteiger partial charge in [0.1, 0.15) is 6.10 Å². The smallest absolute Gasteiger partial charge is 0.338 e. The summed E-state index contributed by atoms with van der Waals surface area (Å²) in [6.45, 7) is 0.590. The minimum absolute atomic E-state index is 0.367. The number of H-pyrrole nitrogens is 1. The van der Waals surface area contributed by atoms with E-state index in [2.05, 4.69) is 10.3 Å². The van der Waals surface area contributed by atoms with Gasteiger partial charge < -0.3 is 25.3 Å². The molecule has 0 aliphatic rings. The van der Waals surface area contributed by atoms with Gasteiger partial charge in [0.2, 0.25) is 0 Å². The maximum absolute atomic E-state index is 11.9. The molecule has 0 aliphatic heterocycles. The third kappa shape index (κ3) is 3.24. The first-order valence-electron chi connectivity index (χ1n) is 6.78. The molecule has 2 unspecified atom stereocenters. The van der Waals surface area contributed by atoms with Crippen LogP contribution in [0.15, 0.2) is 24.4 Å². The van der Waals surface area contributed by atoms with E-state index < -0.39 is 18.2 Å². The number of hydrogen-bond acceptors (Lipinski definition) is 5. The number of nitrogens with one attached hydrogen (secondary N) is 2. The molecule has 0 bridgehead atoms. The zero-order valence-electron chi connectivity index (χ0n) is 12.1. The standard InChI is InChI=1S/C15H20N2O4/c1-16-5-4-13(18)14(19)9-7-11(15(20)21-2)10-3-6-17-12(10)8-9/h3,6-8,13-14,16-19H,4-5H2,1-2H3. The Morgan fingerprint density at radius 1 is 1.43 bits per heavy atom. The molecule has 1 aromatic heterocycles. The van der Waals surface area contributed by atoms with E-state index >= 15 is 0 Å². The van der Waals surface area contributed by atoms with Gasteiger partial charge in [0.25, 0.3) is 0 Å². The van der Waals surface area contributed by atoms with Gasteiger partial charge in [-0.05, 0) is 43.8 Å². The van der Waals surface area contributed by atoms with Crippen LogP contribution in [0.4, 0.5) is 0 Å². The van der Waals surface area contributed by atoms with Crippen molar-refractivity contribution < 1.29 is 19.7 Å². The van der Waals surface area contributed by atoms with Crippen molar-refractivity contribution in [3.8, 4) is 0 Å². The molecule has 0 amide bonds. The summed E-state index contributed by atoms with van der Waals surface area (Å²) in [5.74, 6) is -0.474. The summed E-state index contributed by atoms with van der Waals surface area (Å²) in [6, 6.07) is 5.07. The van der Waals surface area contributed by atoms with Crippen LogP contribution >= 0.6 is 0 Å². The second-order valence-electron chi connectivity index (χ2n) is 4.90. The number of aromatic nitrogens is 1. The van der Waals surface area contributed by atoms with Crippen molar-refractivity contribution in [3.63, 3.8) is 0 Å². The van der Waals surface area contributed by atoms with Crippen LogP contribution in [0, 0.1) is 0 Å². The molecule has 1 heterocycles. The molecule has 2 aromatic rings. The monoisotopic (exact) mass is 292 g/mol. The first-order chi connectivity index (χ1) is 10.1. The molecule has 2 atom stereocenters. The average Bonchev–Trinajstić information content (AvgIpc) is 2.98. The van der Waals surface area contributed by atoms with Crippen LogP contribution in [0.2, 0.25) is 0 Å². The van der Waals surface area contributed by atoms with Crippen LogP contribution < -0.4 is 5.32 Å². The summed E-state index contributed by atoms with van der Waals surface area (Å²) >= 11 is 0. The summed E-state index contributed by atoms with van der Waals surface area (Å²) < 4.78 is 4.77. The van der Waals surface area contributed by atoms with E-state index in [1.807, 2.05) is 0 Å². The summed E-state index contributed by atoms with van der Waals surface area (Å²) in [7, 11) is 3.09. The molecular weight excluding hydrogens is 272 g/mol. The van der Waals surface area contributed by atoms with Gasteiger partial charge in [-0.25, -0.2) is 4.79 Å². The maximum Gasteiger partial charge on any atom is 0.338 e. The van der Waals surface area contributed by atoms with E-state index in [9.17, 15) is 15.0 Å². The number of hydrogen-bond donors (Lipinski definition) is 4. The fourth-order valence-electron chi connectivity index (χ4n) is 2.31. The first kappa shape index (κ1) is 15.5. The predicted molar refractivity (Wildman–Crippen MR) is 79.1 cm³/mol. The molecule has 6 heteroatoms. The zero-order valence-corrected chi connectivity index (χ0v) is 12.1. The van der Waals surface area contributed by atoms with Crippen molar-refractivity contribution in [1.82, 2.24) is 10.3 Å². The van der Waals surface area contributed by atoms with Gasteiger partial charge in [-0.15, -0.1) is 0 Å². The van der Waals surface area contributed by atoms with E-state index in [0.717, 1.165) is 5.39 Å². The Morgan fingerprint density at radius 3 is 2.86 bits per heavy atom. The zero-order chi connectivity index (χ0) is 15.4. The fraction of sp³-hybridized carbons (Fsp3) is 0.400. The lowest BCUT2D eigenvalue weighted by molar-refractivity contribution is 0.0140. The molecule has 2 rings (SSSR count). The van der Waals surface area contributed by atoms with Crippen molar-refractivity contribution in [1.29, 1.82) is 0 Å². The quantitative estimate of drug-likeness (QED) is 0.595. The molecule has 0 saturated carbocycles. The number of carbonyl (C=O) groups is 1. The van der Waals surface area contributed by atoms with Gasteiger partial charge in [0.05, 0.1) is 18.8 Å². The van der Waals surface area contributed by atoms with Crippen LogP contribution in [0.5, 0.6) is 0 Å². The number of aliphatic hydroxyl groups excluding tert-OH is 2. The normalized spacial score (nSPS) is 14.1. The average molecular weight is 292 g/mol. The molecule has 0 radical (unpaired) electrons. The highest BCUT2D eigenvalue weighted by Gasteiger charge is 2.21. The Kier molecular flexibility index (Phi) is 4.95. The Morgan fingerprint density at radius 2 is 2.19 bits per heavy atom. The Balaban J connectivity index is 2.37. The third-order valence-electron chi connectivity index (χ3n) is 3.49. The minimum Gasteiger partial charge on any atom is -0.465 e. The molecule has 0 aliphatic carbocycles. The number of methoxy groups -OCH3 is 1. The maximum atomic E-state index is 11.9. The van der Waals surface area contributed by atoms with Gasteiger partial charge in [-0.3, -0.25) is 0 Å². The molecule has 0 saturated heterocycles. The Bertz CT molecular complexity index is 623. The first-order valence-corrected chi connectivity index (χ1v) is 6.78. The fourth-order valence-corrected chi connectivity index (χ4v) is 2.31. The number of carbonyl (C=O) groups excluding carboxylic acids is 1. The molecule has 114 valence electrons. The number of rotatable bonds is 6. The Hall–Kier alpha value is -1.89. The SMILES string of the molecule is CNCCC(O)C(O)c1cc(C(=O)OC)c2cc[nH]c2c1. The number of fused-ring (bicyclic) bond motifs is 1. The van der Waals surface area contributed by atoms with Gasteiger partial charge in [-0.1, -0.05) is 0 Å². The van der Waals surface area contributed by atoms with Crippen LogP contribution in [0.25, 0.3) is 10.9 Å². The minimum atomic E-state index is -1.06. The van der Waals surface area contributed by atoms with Crippen molar-refractivity contribution in [2.45, 2.75) is 18.6 Å². The number of esters is 1. The van der Waals surface area contributed by atoms with Crippen molar-refractivity contribution in [3.05, 3.63) is 35.5 Å². The van der Waals surface area contributed by atoms with Gasteiger partial charge >= 0.3 is 5.97 Å². The van der Waals surface area contributed by atoms with Gasteiger partial charge in [-0.2, -0.15) is 0 Å². The largest absolute Gasteiger partial charge is 0.465 e. The highest BCUT2D eigenvalue weighted by Crippen LogP contribution is 2.27. The predicted octanol–water partition coefficient (Wildman–Crippen LogP) is 0.958. The molecule has 6 nitrogen and oxygen atoms in total. The van der Waals surface area contributed by atoms with E-state index in [1.54, 1.807) is 31.4 Å². The van der Waals surface area contributed by atoms with Gasteiger partial charge in [0.15, 0.2) is 0 Å². The number of ether oxygens (including phenoxy) is 1. The highest BCUT2D eigenvalue weighted by atomic mass is 16.5. The highest BCUT2D eigenvalue weighted by molar-refractivity contribution is 6.04. The number of aliphatic hydroxyl groups is 2. The van der Waals surface area contributed by atoms with Crippen LogP contribution in [-0.2, 0) is 4.74 Å². The topological polar surface area (TPSA) is 94.6 Å². The van der Waals surface area contributed by atoms with E-state index in [0.29, 0.717) is 29.6 Å². The summed E-state index contributed by atoms with van der Waals surface area (Å²) in [4.78, 5) is 14.9. The summed E-state index contributed by atoms with van der Waals surface area (Å²) in [5, 5.41) is 23.9. The van der Waals surface area contributed by atoms with Crippen molar-refractivity contribution in [2.24, 2.45) is 0 Å². The summed E-state index contributed by atoms with van der Waals surface area (Å²) in [6.07, 6.45) is 0.156. The lowest BCUT2D eigenvalue weighted by Crippen LogP contribution is -2.23. The molecule has 0 spiro atoms. The number of aromatic amines is 1. The molecule has 0 fully saturated rings.